The van der Waals surface area contributed by atoms with Gasteiger partial charge >= 0.3 is 5.97 Å². The van der Waals surface area contributed by atoms with Gasteiger partial charge in [0.05, 0.1) is 13.5 Å². The van der Waals surface area contributed by atoms with Crippen molar-refractivity contribution in [3.8, 4) is 11.5 Å². The van der Waals surface area contributed by atoms with Crippen molar-refractivity contribution in [2.24, 2.45) is 0 Å². The summed E-state index contributed by atoms with van der Waals surface area (Å²) in [4.78, 5) is 26.2. The topological polar surface area (TPSA) is 55.8 Å². The molecule has 182 valence electrons. The number of esters is 1. The van der Waals surface area contributed by atoms with Crippen LogP contribution in [-0.2, 0) is 33.7 Å². The number of nitrogens with zero attached hydrogens (tertiary/aromatic N) is 1. The highest BCUT2D eigenvalue weighted by atomic mass is 19.1. The van der Waals surface area contributed by atoms with Gasteiger partial charge in [0.2, 0.25) is 5.91 Å². The Hall–Kier alpha value is -3.61. The molecule has 0 N–H and O–H groups in total. The molecule has 0 fully saturated rings. The van der Waals surface area contributed by atoms with E-state index >= 15 is 0 Å². The van der Waals surface area contributed by atoms with Gasteiger partial charge in [0.15, 0.2) is 0 Å². The first kappa shape index (κ1) is 26.0. The van der Waals surface area contributed by atoms with Gasteiger partial charge in [-0.25, -0.2) is 4.39 Å². The van der Waals surface area contributed by atoms with Crippen molar-refractivity contribution < 1.29 is 23.5 Å². The first-order chi connectivity index (χ1) is 16.6. The highest BCUT2D eigenvalue weighted by Crippen LogP contribution is 2.30. The lowest BCUT2D eigenvalue weighted by Crippen LogP contribution is -2.47. The number of carbonyl (C=O) groups excluding carboxylic acids is 2. The average molecular weight is 475 g/mol. The summed E-state index contributed by atoms with van der Waals surface area (Å²) >= 11 is 0. The normalized spacial score (nSPS) is 11.1. The van der Waals surface area contributed by atoms with Gasteiger partial charge in [0.1, 0.15) is 25.2 Å². The number of halogens is 1. The number of rotatable bonds is 9. The number of benzene rings is 3. The summed E-state index contributed by atoms with van der Waals surface area (Å²) in [6.07, 6.45) is 0.731. The monoisotopic (exact) mass is 475 g/mol. The summed E-state index contributed by atoms with van der Waals surface area (Å²) in [5, 5.41) is 0. The fourth-order valence-corrected chi connectivity index (χ4v) is 4.14. The van der Waals surface area contributed by atoms with Crippen molar-refractivity contribution in [1.29, 1.82) is 0 Å². The summed E-state index contributed by atoms with van der Waals surface area (Å²) in [5.41, 5.74) is 3.13. The van der Waals surface area contributed by atoms with E-state index in [-0.39, 0.29) is 24.1 Å². The van der Waals surface area contributed by atoms with Gasteiger partial charge in [0.25, 0.3) is 0 Å². The number of carbonyl (C=O) groups is 2. The molecule has 5 nitrogen and oxygen atoms in total. The third kappa shape index (κ3) is 7.19. The smallest absolute Gasteiger partial charge is 0.309 e. The molecular weight excluding hydrogens is 444 g/mol. The summed E-state index contributed by atoms with van der Waals surface area (Å²) in [5.74, 6) is 0.557. The maximum absolute atomic E-state index is 13.4. The molecule has 1 amide bonds. The van der Waals surface area contributed by atoms with E-state index in [0.717, 1.165) is 22.2 Å². The Morgan fingerprint density at radius 1 is 1.00 bits per heavy atom. The van der Waals surface area contributed by atoms with Crippen LogP contribution in [0.15, 0.2) is 66.7 Å². The highest BCUT2D eigenvalue weighted by molar-refractivity contribution is 6.32. The second-order valence-electron chi connectivity index (χ2n) is 9.33. The largest absolute Gasteiger partial charge is 0.469 e. The van der Waals surface area contributed by atoms with E-state index in [9.17, 15) is 14.0 Å². The standard InChI is InChI=1S/C28H31BFNO4/c1-19(32)31(28(2,3)17-20-8-11-24(30)12-9-20)18-22-16-23(29)10-13-26(22)35-25-7-5-6-21(14-25)15-27(33)34-4/h5-14,16H,15,17-18,29H2,1-4H3. The van der Waals surface area contributed by atoms with Crippen LogP contribution in [0, 0.1) is 5.82 Å². The second kappa shape index (κ2) is 11.2. The molecular formula is C28H31BFNO4. The van der Waals surface area contributed by atoms with Gasteiger partial charge < -0.3 is 14.4 Å². The van der Waals surface area contributed by atoms with Crippen molar-refractivity contribution in [3.05, 3.63) is 89.2 Å². The molecule has 3 aromatic rings. The third-order valence-electron chi connectivity index (χ3n) is 5.91. The molecule has 0 heterocycles. The first-order valence-corrected chi connectivity index (χ1v) is 11.5. The van der Waals surface area contributed by atoms with Crippen LogP contribution >= 0.6 is 0 Å². The molecule has 0 saturated carbocycles. The summed E-state index contributed by atoms with van der Waals surface area (Å²) < 4.78 is 24.3. The zero-order valence-corrected chi connectivity index (χ0v) is 20.9. The molecule has 0 spiro atoms. The van der Waals surface area contributed by atoms with Gasteiger partial charge in [-0.15, -0.1) is 0 Å². The summed E-state index contributed by atoms with van der Waals surface area (Å²) in [7, 11) is 3.35. The molecule has 0 aliphatic heterocycles. The number of hydrogen-bond acceptors (Lipinski definition) is 4. The van der Waals surface area contributed by atoms with Crippen LogP contribution in [0.3, 0.4) is 0 Å². The zero-order chi connectivity index (χ0) is 25.6. The number of ether oxygens (including phenoxy) is 2. The van der Waals surface area contributed by atoms with Gasteiger partial charge in [0, 0.05) is 24.6 Å². The van der Waals surface area contributed by atoms with Crippen LogP contribution < -0.4 is 10.2 Å². The fourth-order valence-electron chi connectivity index (χ4n) is 4.14. The predicted octanol–water partition coefficient (Wildman–Crippen LogP) is 3.96. The SMILES string of the molecule is Bc1ccc(Oc2cccc(CC(=O)OC)c2)c(CN(C(C)=O)C(C)(C)Cc2ccc(F)cc2)c1. The molecule has 0 saturated heterocycles. The lowest BCUT2D eigenvalue weighted by molar-refractivity contribution is -0.139. The van der Waals surface area contributed by atoms with E-state index in [1.807, 2.05) is 69.1 Å². The molecule has 0 aliphatic carbocycles. The molecule has 7 heteroatoms. The molecule has 3 rings (SSSR count). The average Bonchev–Trinajstić information content (AvgIpc) is 2.80. The number of methoxy groups -OCH3 is 1. The second-order valence-corrected chi connectivity index (χ2v) is 9.33. The van der Waals surface area contributed by atoms with E-state index < -0.39 is 5.54 Å². The Morgan fingerprint density at radius 2 is 1.71 bits per heavy atom. The lowest BCUT2D eigenvalue weighted by Gasteiger charge is -2.39. The maximum Gasteiger partial charge on any atom is 0.309 e. The molecule has 0 bridgehead atoms. The van der Waals surface area contributed by atoms with Crippen molar-refractivity contribution in [2.45, 2.75) is 45.7 Å². The maximum atomic E-state index is 13.4. The van der Waals surface area contributed by atoms with E-state index in [4.69, 9.17) is 9.47 Å². The summed E-state index contributed by atoms with van der Waals surface area (Å²) in [6, 6.07) is 19.5. The molecule has 3 aromatic carbocycles. The molecule has 0 radical (unpaired) electrons. The summed E-state index contributed by atoms with van der Waals surface area (Å²) in [6.45, 7) is 5.91. The lowest BCUT2D eigenvalue weighted by atomic mass is 9.90. The Balaban J connectivity index is 1.86. The quantitative estimate of drug-likeness (QED) is 0.347. The van der Waals surface area contributed by atoms with Crippen molar-refractivity contribution >= 4 is 25.2 Å². The van der Waals surface area contributed by atoms with Crippen LogP contribution in [0.5, 0.6) is 11.5 Å². The van der Waals surface area contributed by atoms with E-state index in [1.54, 1.807) is 19.1 Å². The van der Waals surface area contributed by atoms with Crippen molar-refractivity contribution in [3.63, 3.8) is 0 Å². The Bertz CT molecular complexity index is 1190. The molecule has 35 heavy (non-hydrogen) atoms. The van der Waals surface area contributed by atoms with Crippen LogP contribution in [0.2, 0.25) is 0 Å². The van der Waals surface area contributed by atoms with Crippen molar-refractivity contribution in [2.75, 3.05) is 7.11 Å². The number of amides is 1. The Kier molecular flexibility index (Phi) is 8.33. The number of hydrogen-bond donors (Lipinski definition) is 0. The van der Waals surface area contributed by atoms with E-state index in [0.29, 0.717) is 24.5 Å². The minimum atomic E-state index is -0.523. The third-order valence-corrected chi connectivity index (χ3v) is 5.91. The minimum absolute atomic E-state index is 0.0651. The molecule has 0 aliphatic rings. The molecule has 0 unspecified atom stereocenters. The minimum Gasteiger partial charge on any atom is -0.469 e. The highest BCUT2D eigenvalue weighted by Gasteiger charge is 2.30. The van der Waals surface area contributed by atoms with Gasteiger partial charge in [-0.3, -0.25) is 9.59 Å². The fraction of sp³-hybridized carbons (Fsp3) is 0.286. The van der Waals surface area contributed by atoms with Crippen LogP contribution in [0.4, 0.5) is 4.39 Å². The Morgan fingerprint density at radius 3 is 2.37 bits per heavy atom. The van der Waals surface area contributed by atoms with Crippen molar-refractivity contribution in [1.82, 2.24) is 4.90 Å². The Labute approximate surface area is 207 Å². The zero-order valence-electron chi connectivity index (χ0n) is 20.9. The molecule has 0 atom stereocenters. The molecule has 0 aromatic heterocycles. The van der Waals surface area contributed by atoms with Gasteiger partial charge in [-0.05, 0) is 61.7 Å². The van der Waals surface area contributed by atoms with E-state index in [2.05, 4.69) is 0 Å². The van der Waals surface area contributed by atoms with Crippen LogP contribution in [-0.4, -0.2) is 37.3 Å². The predicted molar refractivity (Wildman–Crippen MR) is 137 cm³/mol. The first-order valence-electron chi connectivity index (χ1n) is 11.5. The van der Waals surface area contributed by atoms with Gasteiger partial charge in [-0.1, -0.05) is 41.9 Å². The van der Waals surface area contributed by atoms with Crippen LogP contribution in [0.1, 0.15) is 37.5 Å². The van der Waals surface area contributed by atoms with Gasteiger partial charge in [-0.2, -0.15) is 0 Å². The van der Waals surface area contributed by atoms with Crippen LogP contribution in [0.25, 0.3) is 0 Å². The van der Waals surface area contributed by atoms with E-state index in [1.165, 1.54) is 19.2 Å².